The van der Waals surface area contributed by atoms with Crippen LogP contribution in [0, 0.1) is 11.2 Å². The van der Waals surface area contributed by atoms with Crippen LogP contribution in [0.2, 0.25) is 5.02 Å². The molecule has 3 N–H and O–H groups in total. The van der Waals surface area contributed by atoms with Gasteiger partial charge in [0.1, 0.15) is 40.3 Å². The molecule has 176 valence electrons. The van der Waals surface area contributed by atoms with E-state index in [0.29, 0.717) is 19.6 Å². The van der Waals surface area contributed by atoms with Crippen LogP contribution in [-0.2, 0) is 4.79 Å². The number of halogens is 2. The van der Waals surface area contributed by atoms with Crippen molar-refractivity contribution in [1.82, 2.24) is 15.2 Å². The van der Waals surface area contributed by atoms with Crippen molar-refractivity contribution >= 4 is 29.2 Å². The fourth-order valence-corrected chi connectivity index (χ4v) is 4.32. The largest absolute Gasteiger partial charge is 0.507 e. The molecule has 0 spiro atoms. The monoisotopic (exact) mass is 476 g/mol. The van der Waals surface area contributed by atoms with Gasteiger partial charge in [-0.3, -0.25) is 9.59 Å². The molecule has 0 radical (unpaired) electrons. The normalized spacial score (nSPS) is 18.2. The Morgan fingerprint density at radius 2 is 2.15 bits per heavy atom. The molecule has 0 unspecified atom stereocenters. The number of aromatic nitrogens is 1. The molecular formula is C23H26ClFN4O4. The van der Waals surface area contributed by atoms with Gasteiger partial charge in [0.15, 0.2) is 5.75 Å². The Morgan fingerprint density at radius 3 is 2.85 bits per heavy atom. The number of carbonyl (C=O) groups excluding carboxylic acids is 2. The average Bonchev–Trinajstić information content (AvgIpc) is 2.87. The second-order valence-corrected chi connectivity index (χ2v) is 9.79. The third-order valence-electron chi connectivity index (χ3n) is 5.52. The van der Waals surface area contributed by atoms with Gasteiger partial charge in [0.05, 0.1) is 11.6 Å². The van der Waals surface area contributed by atoms with Gasteiger partial charge in [0, 0.05) is 26.1 Å². The summed E-state index contributed by atoms with van der Waals surface area (Å²) in [4.78, 5) is 32.3. The van der Waals surface area contributed by atoms with E-state index in [0.717, 1.165) is 6.07 Å². The summed E-state index contributed by atoms with van der Waals surface area (Å²) in [5.41, 5.74) is -0.657. The van der Waals surface area contributed by atoms with Crippen molar-refractivity contribution in [3.8, 4) is 22.8 Å². The molecule has 8 nitrogen and oxygen atoms in total. The van der Waals surface area contributed by atoms with Gasteiger partial charge in [-0.25, -0.2) is 9.37 Å². The predicted octanol–water partition coefficient (Wildman–Crippen LogP) is 3.43. The molecule has 10 heteroatoms. The number of anilines is 1. The fraction of sp³-hybridized carbons (Fsp3) is 0.435. The van der Waals surface area contributed by atoms with Gasteiger partial charge in [-0.15, -0.1) is 0 Å². The van der Waals surface area contributed by atoms with E-state index in [-0.39, 0.29) is 75.5 Å². The molecule has 0 bridgehead atoms. The zero-order valence-corrected chi connectivity index (χ0v) is 19.4. The number of piperazine rings is 1. The molecule has 3 heterocycles. The summed E-state index contributed by atoms with van der Waals surface area (Å²) >= 11 is 6.59. The molecule has 1 saturated heterocycles. The molecular weight excluding hydrogens is 451 g/mol. The number of nitrogens with zero attached hydrogens (tertiary/aromatic N) is 2. The summed E-state index contributed by atoms with van der Waals surface area (Å²) in [5, 5.41) is 16.1. The van der Waals surface area contributed by atoms with E-state index in [4.69, 9.17) is 16.3 Å². The highest BCUT2D eigenvalue weighted by atomic mass is 35.5. The third kappa shape index (κ3) is 4.60. The number of nitrogens with one attached hydrogen (secondary N) is 2. The lowest BCUT2D eigenvalue weighted by Crippen LogP contribution is -2.54. The molecule has 1 aromatic heterocycles. The number of hydrogen-bond acceptors (Lipinski definition) is 6. The van der Waals surface area contributed by atoms with Gasteiger partial charge < -0.3 is 25.4 Å². The molecule has 0 aliphatic carbocycles. The first-order valence-electron chi connectivity index (χ1n) is 10.7. The van der Waals surface area contributed by atoms with Crippen LogP contribution in [0.25, 0.3) is 11.3 Å². The number of phenols is 1. The standard InChI is InChI=1S/C23H26ClFN4O4/c1-23(2,3)9-15(31)27-21-17-20(33-11-12-10-26-7-8-29(12)22(17)32)18(24)19(28-21)16-13(25)5-4-6-14(16)30/h4-6,12,26,30H,7-11H2,1-3H3,(H,27,28,31)/t12-/m1/s1. The number of aromatic hydroxyl groups is 1. The minimum absolute atomic E-state index is 0.00905. The molecule has 4 rings (SSSR count). The van der Waals surface area contributed by atoms with Crippen LogP contribution < -0.4 is 15.4 Å². The van der Waals surface area contributed by atoms with Gasteiger partial charge >= 0.3 is 0 Å². The number of fused-ring (bicyclic) bond motifs is 2. The minimum Gasteiger partial charge on any atom is -0.507 e. The highest BCUT2D eigenvalue weighted by Gasteiger charge is 2.38. The maximum atomic E-state index is 14.7. The van der Waals surface area contributed by atoms with Crippen LogP contribution in [0.4, 0.5) is 10.2 Å². The number of ether oxygens (including phenoxy) is 1. The van der Waals surface area contributed by atoms with E-state index < -0.39 is 5.82 Å². The van der Waals surface area contributed by atoms with E-state index in [1.165, 1.54) is 12.1 Å². The highest BCUT2D eigenvalue weighted by molar-refractivity contribution is 6.35. The van der Waals surface area contributed by atoms with E-state index in [1.807, 2.05) is 20.8 Å². The van der Waals surface area contributed by atoms with E-state index >= 15 is 0 Å². The van der Waals surface area contributed by atoms with Gasteiger partial charge in [-0.1, -0.05) is 38.4 Å². The van der Waals surface area contributed by atoms with Crippen LogP contribution in [0.3, 0.4) is 0 Å². The van der Waals surface area contributed by atoms with Crippen LogP contribution in [0.5, 0.6) is 11.5 Å². The van der Waals surface area contributed by atoms with Crippen LogP contribution in [0.15, 0.2) is 18.2 Å². The molecule has 2 amide bonds. The molecule has 2 aliphatic heterocycles. The Hall–Kier alpha value is -2.91. The molecule has 2 aromatic rings. The lowest BCUT2D eigenvalue weighted by Gasteiger charge is -2.34. The first-order valence-corrected chi connectivity index (χ1v) is 11.1. The third-order valence-corrected chi connectivity index (χ3v) is 5.87. The molecule has 1 atom stereocenters. The van der Waals surface area contributed by atoms with Crippen molar-refractivity contribution in [1.29, 1.82) is 0 Å². The Kier molecular flexibility index (Phi) is 6.20. The molecule has 1 aromatic carbocycles. The predicted molar refractivity (Wildman–Crippen MR) is 122 cm³/mol. The Balaban J connectivity index is 1.90. The maximum Gasteiger partial charge on any atom is 0.261 e. The van der Waals surface area contributed by atoms with Crippen molar-refractivity contribution in [2.24, 2.45) is 5.41 Å². The van der Waals surface area contributed by atoms with Crippen LogP contribution >= 0.6 is 11.6 Å². The Labute approximate surface area is 196 Å². The molecule has 0 saturated carbocycles. The van der Waals surface area contributed by atoms with E-state index in [2.05, 4.69) is 15.6 Å². The molecule has 33 heavy (non-hydrogen) atoms. The first kappa shape index (κ1) is 23.3. The lowest BCUT2D eigenvalue weighted by molar-refractivity contribution is -0.117. The van der Waals surface area contributed by atoms with Crippen LogP contribution in [-0.4, -0.2) is 59.1 Å². The number of hydrogen-bond donors (Lipinski definition) is 3. The SMILES string of the molecule is CC(C)(C)CC(=O)Nc1nc(-c2c(O)cccc2F)c(Cl)c2c1C(=O)N1CCNC[C@@H]1CO2. The smallest absolute Gasteiger partial charge is 0.261 e. The fourth-order valence-electron chi connectivity index (χ4n) is 4.04. The molecule has 1 fully saturated rings. The molecule has 2 aliphatic rings. The van der Waals surface area contributed by atoms with Crippen molar-refractivity contribution in [2.75, 3.05) is 31.6 Å². The summed E-state index contributed by atoms with van der Waals surface area (Å²) in [7, 11) is 0. The van der Waals surface area contributed by atoms with Crippen molar-refractivity contribution in [2.45, 2.75) is 33.2 Å². The maximum absolute atomic E-state index is 14.7. The number of pyridine rings is 1. The topological polar surface area (TPSA) is 104 Å². The quantitative estimate of drug-likeness (QED) is 0.627. The van der Waals surface area contributed by atoms with E-state index in [9.17, 15) is 19.1 Å². The zero-order chi connectivity index (χ0) is 23.9. The Morgan fingerprint density at radius 1 is 1.39 bits per heavy atom. The van der Waals surface area contributed by atoms with Crippen molar-refractivity contribution in [3.05, 3.63) is 34.6 Å². The van der Waals surface area contributed by atoms with Gasteiger partial charge in [0.25, 0.3) is 5.91 Å². The summed E-state index contributed by atoms with van der Waals surface area (Å²) in [6, 6.07) is 3.58. The second-order valence-electron chi connectivity index (χ2n) is 9.41. The highest BCUT2D eigenvalue weighted by Crippen LogP contribution is 2.45. The Bertz CT molecular complexity index is 1100. The number of phenolic OH excluding ortho intramolecular Hbond substituents is 1. The second kappa shape index (κ2) is 8.79. The number of amides is 2. The number of carbonyl (C=O) groups is 2. The summed E-state index contributed by atoms with van der Waals surface area (Å²) in [5.74, 6) is -1.94. The zero-order valence-electron chi connectivity index (χ0n) is 18.7. The lowest BCUT2D eigenvalue weighted by atomic mass is 9.92. The minimum atomic E-state index is -0.752. The van der Waals surface area contributed by atoms with Crippen LogP contribution in [0.1, 0.15) is 37.6 Å². The summed E-state index contributed by atoms with van der Waals surface area (Å²) in [6.07, 6.45) is 0.164. The average molecular weight is 477 g/mol. The summed E-state index contributed by atoms with van der Waals surface area (Å²) in [6.45, 7) is 7.49. The van der Waals surface area contributed by atoms with Gasteiger partial charge in [0.2, 0.25) is 5.91 Å². The number of benzene rings is 1. The van der Waals surface area contributed by atoms with Crippen molar-refractivity contribution < 1.29 is 23.8 Å². The van der Waals surface area contributed by atoms with Gasteiger partial charge in [-0.05, 0) is 17.5 Å². The number of rotatable bonds is 3. The van der Waals surface area contributed by atoms with E-state index in [1.54, 1.807) is 4.90 Å². The first-order chi connectivity index (χ1) is 15.6. The summed E-state index contributed by atoms with van der Waals surface area (Å²) < 4.78 is 20.6. The van der Waals surface area contributed by atoms with Crippen molar-refractivity contribution in [3.63, 3.8) is 0 Å². The van der Waals surface area contributed by atoms with Gasteiger partial charge in [-0.2, -0.15) is 0 Å².